The molecule has 0 spiro atoms. The fraction of sp³-hybridized carbons (Fsp3) is 0.133. The maximum absolute atomic E-state index is 5.81. The molecule has 3 aromatic rings. The Balaban J connectivity index is 1.49. The molecule has 4 rings (SSSR count). The van der Waals surface area contributed by atoms with Crippen molar-refractivity contribution in [3.05, 3.63) is 54.4 Å². The van der Waals surface area contributed by atoms with Crippen LogP contribution in [0.25, 0.3) is 5.69 Å². The first kappa shape index (κ1) is 12.6. The van der Waals surface area contributed by atoms with Crippen LogP contribution in [0.15, 0.2) is 48.8 Å². The van der Waals surface area contributed by atoms with Gasteiger partial charge < -0.3 is 14.2 Å². The van der Waals surface area contributed by atoms with E-state index in [1.54, 1.807) is 4.68 Å². The highest BCUT2D eigenvalue weighted by Crippen LogP contribution is 2.32. The second-order valence-corrected chi connectivity index (χ2v) is 4.73. The summed E-state index contributed by atoms with van der Waals surface area (Å²) in [5.74, 6) is 2.26. The van der Waals surface area contributed by atoms with Gasteiger partial charge >= 0.3 is 0 Å². The Morgan fingerprint density at radius 3 is 2.95 bits per heavy atom. The molecule has 1 aliphatic heterocycles. The van der Waals surface area contributed by atoms with Gasteiger partial charge in [-0.05, 0) is 40.3 Å². The van der Waals surface area contributed by atoms with Crippen molar-refractivity contribution in [3.8, 4) is 22.9 Å². The minimum Gasteiger partial charge on any atom is -0.489 e. The van der Waals surface area contributed by atoms with Crippen LogP contribution in [-0.2, 0) is 6.61 Å². The molecule has 0 amide bonds. The number of tetrazole rings is 1. The Morgan fingerprint density at radius 1 is 1.09 bits per heavy atom. The highest BCUT2D eigenvalue weighted by atomic mass is 16.7. The number of hydrogen-bond donors (Lipinski definition) is 0. The molecule has 0 saturated carbocycles. The predicted molar refractivity (Wildman–Crippen MR) is 76.1 cm³/mol. The second kappa shape index (κ2) is 5.36. The van der Waals surface area contributed by atoms with Crippen LogP contribution in [0.2, 0.25) is 0 Å². The minimum absolute atomic E-state index is 0.271. The lowest BCUT2D eigenvalue weighted by Gasteiger charge is -2.08. The molecule has 0 aliphatic carbocycles. The van der Waals surface area contributed by atoms with Gasteiger partial charge in [-0.15, -0.1) is 5.10 Å². The zero-order valence-electron chi connectivity index (χ0n) is 11.5. The molecule has 1 aliphatic rings. The number of fused-ring (bicyclic) bond motifs is 1. The molecule has 0 bridgehead atoms. The summed E-state index contributed by atoms with van der Waals surface area (Å²) in [6.45, 7) is 0.712. The van der Waals surface area contributed by atoms with Crippen LogP contribution in [0, 0.1) is 0 Å². The van der Waals surface area contributed by atoms with Gasteiger partial charge in [0.2, 0.25) is 6.79 Å². The molecule has 1 aromatic heterocycles. The van der Waals surface area contributed by atoms with Gasteiger partial charge in [-0.1, -0.05) is 12.1 Å². The van der Waals surface area contributed by atoms with Crippen molar-refractivity contribution in [2.24, 2.45) is 0 Å². The van der Waals surface area contributed by atoms with Gasteiger partial charge in [0.25, 0.3) is 0 Å². The third kappa shape index (κ3) is 2.44. The Kier molecular flexibility index (Phi) is 3.08. The summed E-state index contributed by atoms with van der Waals surface area (Å²) in [5, 5.41) is 11.1. The van der Waals surface area contributed by atoms with E-state index < -0.39 is 0 Å². The second-order valence-electron chi connectivity index (χ2n) is 4.73. The maximum Gasteiger partial charge on any atom is 0.231 e. The minimum atomic E-state index is 0.271. The van der Waals surface area contributed by atoms with Gasteiger partial charge in [0.15, 0.2) is 11.5 Å². The molecule has 0 N–H and O–H groups in total. The zero-order valence-corrected chi connectivity index (χ0v) is 11.5. The van der Waals surface area contributed by atoms with Gasteiger partial charge in [-0.2, -0.15) is 0 Å². The molecule has 2 aromatic carbocycles. The molecule has 2 heterocycles. The summed E-state index contributed by atoms with van der Waals surface area (Å²) in [7, 11) is 0. The predicted octanol–water partition coefficient (Wildman–Crippen LogP) is 1.97. The van der Waals surface area contributed by atoms with Crippen molar-refractivity contribution >= 4 is 0 Å². The summed E-state index contributed by atoms with van der Waals surface area (Å²) in [5.41, 5.74) is 1.85. The molecule has 7 nitrogen and oxygen atoms in total. The Hall–Kier alpha value is -3.09. The first-order valence-electron chi connectivity index (χ1n) is 6.73. The van der Waals surface area contributed by atoms with Gasteiger partial charge in [-0.25, -0.2) is 4.68 Å². The number of benzene rings is 2. The number of ether oxygens (including phenoxy) is 3. The quantitative estimate of drug-likeness (QED) is 0.733. The van der Waals surface area contributed by atoms with Crippen LogP contribution in [0.3, 0.4) is 0 Å². The van der Waals surface area contributed by atoms with Crippen molar-refractivity contribution < 1.29 is 14.2 Å². The molecular weight excluding hydrogens is 284 g/mol. The first-order chi connectivity index (χ1) is 10.9. The molecule has 0 fully saturated rings. The molecule has 0 saturated heterocycles. The van der Waals surface area contributed by atoms with Gasteiger partial charge in [0.05, 0.1) is 5.69 Å². The highest BCUT2D eigenvalue weighted by molar-refractivity contribution is 5.44. The van der Waals surface area contributed by atoms with Crippen molar-refractivity contribution in [3.63, 3.8) is 0 Å². The van der Waals surface area contributed by atoms with Crippen LogP contribution in [0.1, 0.15) is 5.56 Å². The normalized spacial score (nSPS) is 12.4. The van der Waals surface area contributed by atoms with Gasteiger partial charge in [0, 0.05) is 6.07 Å². The van der Waals surface area contributed by atoms with E-state index in [-0.39, 0.29) is 6.79 Å². The van der Waals surface area contributed by atoms with E-state index in [0.717, 1.165) is 28.5 Å². The van der Waals surface area contributed by atoms with E-state index in [9.17, 15) is 0 Å². The Labute approximate surface area is 126 Å². The van der Waals surface area contributed by atoms with Crippen molar-refractivity contribution in [2.45, 2.75) is 6.61 Å². The molecule has 0 atom stereocenters. The zero-order chi connectivity index (χ0) is 14.8. The van der Waals surface area contributed by atoms with Crippen LogP contribution >= 0.6 is 0 Å². The Bertz CT molecular complexity index is 789. The van der Waals surface area contributed by atoms with Gasteiger partial charge in [-0.3, -0.25) is 0 Å². The lowest BCUT2D eigenvalue weighted by atomic mass is 10.2. The fourth-order valence-corrected chi connectivity index (χ4v) is 2.19. The summed E-state index contributed by atoms with van der Waals surface area (Å²) >= 11 is 0. The van der Waals surface area contributed by atoms with E-state index in [1.807, 2.05) is 42.5 Å². The monoisotopic (exact) mass is 296 g/mol. The average Bonchev–Trinajstić information content (AvgIpc) is 3.24. The maximum atomic E-state index is 5.81. The van der Waals surface area contributed by atoms with E-state index in [4.69, 9.17) is 14.2 Å². The standard InChI is InChI=1S/C15H12N4O3/c1-2-12(19-9-16-17-18-19)7-13(3-1)20-8-11-4-5-14-15(6-11)22-10-21-14/h1-7,9H,8,10H2. The molecule has 0 unspecified atom stereocenters. The topological polar surface area (TPSA) is 71.3 Å². The van der Waals surface area contributed by atoms with Crippen LogP contribution in [-0.4, -0.2) is 27.0 Å². The molecule has 110 valence electrons. The number of hydrogen-bond acceptors (Lipinski definition) is 6. The number of nitrogens with zero attached hydrogens (tertiary/aromatic N) is 4. The van der Waals surface area contributed by atoms with E-state index in [2.05, 4.69) is 15.5 Å². The van der Waals surface area contributed by atoms with Crippen LogP contribution in [0.5, 0.6) is 17.2 Å². The molecule has 22 heavy (non-hydrogen) atoms. The third-order valence-corrected chi connectivity index (χ3v) is 3.27. The summed E-state index contributed by atoms with van der Waals surface area (Å²) in [6, 6.07) is 13.3. The lowest BCUT2D eigenvalue weighted by molar-refractivity contribution is 0.174. The van der Waals surface area contributed by atoms with E-state index in [1.165, 1.54) is 6.33 Å². The largest absolute Gasteiger partial charge is 0.489 e. The first-order valence-corrected chi connectivity index (χ1v) is 6.73. The number of rotatable bonds is 4. The fourth-order valence-electron chi connectivity index (χ4n) is 2.19. The Morgan fingerprint density at radius 2 is 2.05 bits per heavy atom. The average molecular weight is 296 g/mol. The van der Waals surface area contributed by atoms with Crippen molar-refractivity contribution in [1.82, 2.24) is 20.2 Å². The van der Waals surface area contributed by atoms with Crippen LogP contribution < -0.4 is 14.2 Å². The van der Waals surface area contributed by atoms with Crippen molar-refractivity contribution in [1.29, 1.82) is 0 Å². The smallest absolute Gasteiger partial charge is 0.231 e. The van der Waals surface area contributed by atoms with Gasteiger partial charge in [0.1, 0.15) is 18.7 Å². The summed E-state index contributed by atoms with van der Waals surface area (Å²) in [4.78, 5) is 0. The summed E-state index contributed by atoms with van der Waals surface area (Å²) < 4.78 is 18.0. The highest BCUT2D eigenvalue weighted by Gasteiger charge is 2.13. The molecule has 0 radical (unpaired) electrons. The van der Waals surface area contributed by atoms with Crippen molar-refractivity contribution in [2.75, 3.05) is 6.79 Å². The van der Waals surface area contributed by atoms with E-state index in [0.29, 0.717) is 6.61 Å². The molecular formula is C15H12N4O3. The SMILES string of the molecule is c1cc(OCc2ccc3c(c2)OCO3)cc(-n2cnnn2)c1. The van der Waals surface area contributed by atoms with Crippen LogP contribution in [0.4, 0.5) is 0 Å². The summed E-state index contributed by atoms with van der Waals surface area (Å²) in [6.07, 6.45) is 1.54. The lowest BCUT2D eigenvalue weighted by Crippen LogP contribution is -1.98. The van der Waals surface area contributed by atoms with E-state index >= 15 is 0 Å². The molecule has 7 heteroatoms. The third-order valence-electron chi connectivity index (χ3n) is 3.27. The number of aromatic nitrogens is 4.